The van der Waals surface area contributed by atoms with Gasteiger partial charge in [-0.3, -0.25) is 14.4 Å². The molecule has 1 aromatic rings. The average molecular weight is 487 g/mol. The summed E-state index contributed by atoms with van der Waals surface area (Å²) in [5.74, 6) is 0.0722. The van der Waals surface area contributed by atoms with Gasteiger partial charge in [0.05, 0.1) is 11.6 Å². The van der Waals surface area contributed by atoms with E-state index in [1.54, 1.807) is 12.1 Å². The maximum absolute atomic E-state index is 13.3. The van der Waals surface area contributed by atoms with Crippen molar-refractivity contribution in [1.29, 1.82) is 0 Å². The van der Waals surface area contributed by atoms with Crippen LogP contribution in [0.3, 0.4) is 0 Å². The third-order valence-electron chi connectivity index (χ3n) is 6.69. The lowest BCUT2D eigenvalue weighted by molar-refractivity contribution is -0.122. The number of likely N-dealkylation sites (N-methyl/N-ethyl adjacent to an activating group) is 1. The number of allylic oxidation sites excluding steroid dienone is 4. The van der Waals surface area contributed by atoms with Crippen molar-refractivity contribution >= 4 is 29.1 Å². The van der Waals surface area contributed by atoms with E-state index < -0.39 is 5.92 Å². The van der Waals surface area contributed by atoms with Crippen LogP contribution in [0.15, 0.2) is 34.7 Å². The van der Waals surface area contributed by atoms with Crippen LogP contribution in [-0.2, 0) is 14.4 Å². The number of hydrogen-bond acceptors (Lipinski definition) is 6. The van der Waals surface area contributed by atoms with Gasteiger partial charge in [0.2, 0.25) is 0 Å². The minimum Gasteiger partial charge on any atom is -0.490 e. The molecule has 0 saturated heterocycles. The molecule has 1 aliphatic heterocycles. The number of Topliss-reactive ketones (excluding diaryl/α,β-unsaturated/α-hetero) is 2. The molecule has 8 heteroatoms. The van der Waals surface area contributed by atoms with Crippen LogP contribution in [-0.4, -0.2) is 49.2 Å². The Balaban J connectivity index is 1.88. The molecule has 0 radical (unpaired) electrons. The van der Waals surface area contributed by atoms with Gasteiger partial charge in [-0.15, -0.1) is 0 Å². The van der Waals surface area contributed by atoms with Gasteiger partial charge >= 0.3 is 0 Å². The number of nitrogens with zero attached hydrogens (tertiary/aromatic N) is 1. The zero-order chi connectivity index (χ0) is 24.4. The molecule has 0 aromatic heterocycles. The van der Waals surface area contributed by atoms with Crippen LogP contribution in [0.25, 0.3) is 0 Å². The number of nitrogens with one attached hydrogen (secondary N) is 1. The highest BCUT2D eigenvalue weighted by atomic mass is 35.5. The monoisotopic (exact) mass is 486 g/mol. The summed E-state index contributed by atoms with van der Waals surface area (Å²) in [4.78, 5) is 40.5. The number of rotatable bonds is 7. The summed E-state index contributed by atoms with van der Waals surface area (Å²) in [6, 6.07) is 3.55. The molecular weight excluding hydrogens is 456 g/mol. The summed E-state index contributed by atoms with van der Waals surface area (Å²) in [7, 11) is 1.53. The predicted molar refractivity (Wildman–Crippen MR) is 129 cm³/mol. The van der Waals surface area contributed by atoms with E-state index in [9.17, 15) is 14.4 Å². The van der Waals surface area contributed by atoms with Crippen molar-refractivity contribution in [2.45, 2.75) is 58.3 Å². The first-order valence-corrected chi connectivity index (χ1v) is 12.4. The standard InChI is InChI=1S/C26H31ClN2O5/c1-4-29-17-8-6-10-19(30)24(17)23(25-18(29)9-7-11-20(25)31)15-12-16(27)26(21(13-15)33-5-2)34-14-22(32)28-3/h12-13,23H,4-11,14H2,1-3H3,(H,28,32). The summed E-state index contributed by atoms with van der Waals surface area (Å²) in [6.07, 6.45) is 4.21. The SMILES string of the molecule is CCOc1cc(C2C3=C(CCCC3=O)N(CC)C3=C2C(=O)CCC3)cc(Cl)c1OCC(=O)NC. The molecule has 0 saturated carbocycles. The van der Waals surface area contributed by atoms with Crippen molar-refractivity contribution in [1.82, 2.24) is 10.2 Å². The van der Waals surface area contributed by atoms with E-state index in [2.05, 4.69) is 17.1 Å². The normalized spacial score (nSPS) is 18.6. The Morgan fingerprint density at radius 2 is 1.65 bits per heavy atom. The predicted octanol–water partition coefficient (Wildman–Crippen LogP) is 4.30. The minimum absolute atomic E-state index is 0.0867. The Bertz CT molecular complexity index is 1050. The van der Waals surface area contributed by atoms with Crippen molar-refractivity contribution in [2.75, 3.05) is 26.8 Å². The van der Waals surface area contributed by atoms with Gasteiger partial charge in [0.15, 0.2) is 29.7 Å². The third-order valence-corrected chi connectivity index (χ3v) is 6.97. The number of carbonyl (C=O) groups excluding carboxylic acids is 3. The van der Waals surface area contributed by atoms with Gasteiger partial charge in [0, 0.05) is 54.9 Å². The lowest BCUT2D eigenvalue weighted by Gasteiger charge is -2.43. The van der Waals surface area contributed by atoms with Crippen LogP contribution in [0.4, 0.5) is 0 Å². The number of hydrogen-bond donors (Lipinski definition) is 1. The summed E-state index contributed by atoms with van der Waals surface area (Å²) in [5, 5.41) is 2.79. The van der Waals surface area contributed by atoms with E-state index >= 15 is 0 Å². The molecule has 1 aromatic carbocycles. The summed E-state index contributed by atoms with van der Waals surface area (Å²) < 4.78 is 11.5. The highest BCUT2D eigenvalue weighted by Crippen LogP contribution is 2.51. The van der Waals surface area contributed by atoms with Crippen molar-refractivity contribution in [3.63, 3.8) is 0 Å². The van der Waals surface area contributed by atoms with Crippen LogP contribution in [0.5, 0.6) is 11.5 Å². The summed E-state index contributed by atoms with van der Waals surface area (Å²) in [5.41, 5.74) is 4.22. The Hall–Kier alpha value is -2.80. The fraction of sp³-hybridized carbons (Fsp3) is 0.500. The molecule has 0 spiro atoms. The molecule has 3 aliphatic rings. The Kier molecular flexibility index (Phi) is 7.31. The van der Waals surface area contributed by atoms with E-state index in [1.807, 2.05) is 6.92 Å². The van der Waals surface area contributed by atoms with Gasteiger partial charge in [-0.05, 0) is 57.2 Å². The van der Waals surface area contributed by atoms with E-state index in [-0.39, 0.29) is 34.9 Å². The van der Waals surface area contributed by atoms with Gasteiger partial charge < -0.3 is 19.7 Å². The molecule has 1 N–H and O–H groups in total. The van der Waals surface area contributed by atoms with Crippen LogP contribution in [0.1, 0.15) is 63.9 Å². The van der Waals surface area contributed by atoms with Gasteiger partial charge in [-0.1, -0.05) is 11.6 Å². The molecular formula is C26H31ClN2O5. The second-order valence-corrected chi connectivity index (χ2v) is 9.08. The van der Waals surface area contributed by atoms with Gasteiger partial charge in [-0.25, -0.2) is 0 Å². The number of ether oxygens (including phenoxy) is 2. The topological polar surface area (TPSA) is 84.9 Å². The Morgan fingerprint density at radius 1 is 1.03 bits per heavy atom. The first kappa shape index (κ1) is 24.3. The van der Waals surface area contributed by atoms with E-state index in [1.165, 1.54) is 7.05 Å². The first-order valence-electron chi connectivity index (χ1n) is 12.0. The van der Waals surface area contributed by atoms with E-state index in [0.29, 0.717) is 36.3 Å². The fourth-order valence-corrected chi connectivity index (χ4v) is 5.57. The third kappa shape index (κ3) is 4.33. The van der Waals surface area contributed by atoms with Crippen molar-refractivity contribution in [2.24, 2.45) is 0 Å². The molecule has 0 fully saturated rings. The number of amides is 1. The molecule has 0 unspecified atom stereocenters. The van der Waals surface area contributed by atoms with Crippen molar-refractivity contribution in [3.05, 3.63) is 45.3 Å². The van der Waals surface area contributed by atoms with Crippen molar-refractivity contribution in [3.8, 4) is 11.5 Å². The fourth-order valence-electron chi connectivity index (χ4n) is 5.30. The number of benzene rings is 1. The van der Waals surface area contributed by atoms with Crippen LogP contribution in [0, 0.1) is 0 Å². The average Bonchev–Trinajstić information content (AvgIpc) is 2.82. The lowest BCUT2D eigenvalue weighted by atomic mass is 9.71. The number of ketones is 2. The molecule has 34 heavy (non-hydrogen) atoms. The second-order valence-electron chi connectivity index (χ2n) is 8.68. The molecule has 1 amide bonds. The largest absolute Gasteiger partial charge is 0.490 e. The maximum Gasteiger partial charge on any atom is 0.257 e. The second kappa shape index (κ2) is 10.2. The zero-order valence-corrected chi connectivity index (χ0v) is 20.7. The van der Waals surface area contributed by atoms with Crippen LogP contribution < -0.4 is 14.8 Å². The number of halogens is 1. The zero-order valence-electron chi connectivity index (χ0n) is 20.0. The van der Waals surface area contributed by atoms with Crippen LogP contribution >= 0.6 is 11.6 Å². The molecule has 4 rings (SSSR count). The summed E-state index contributed by atoms with van der Waals surface area (Å²) >= 11 is 6.65. The Morgan fingerprint density at radius 3 is 2.18 bits per heavy atom. The minimum atomic E-state index is -0.474. The number of carbonyl (C=O) groups is 3. The van der Waals surface area contributed by atoms with Gasteiger partial charge in [-0.2, -0.15) is 0 Å². The summed E-state index contributed by atoms with van der Waals surface area (Å²) in [6.45, 7) is 4.80. The molecule has 7 nitrogen and oxygen atoms in total. The van der Waals surface area contributed by atoms with Crippen molar-refractivity contribution < 1.29 is 23.9 Å². The lowest BCUT2D eigenvalue weighted by Crippen LogP contribution is -2.39. The van der Waals surface area contributed by atoms with Gasteiger partial charge in [0.1, 0.15) is 0 Å². The highest BCUT2D eigenvalue weighted by molar-refractivity contribution is 6.32. The van der Waals surface area contributed by atoms with E-state index in [0.717, 1.165) is 49.2 Å². The van der Waals surface area contributed by atoms with Gasteiger partial charge in [0.25, 0.3) is 5.91 Å². The molecule has 182 valence electrons. The maximum atomic E-state index is 13.3. The quantitative estimate of drug-likeness (QED) is 0.618. The van der Waals surface area contributed by atoms with Crippen LogP contribution in [0.2, 0.25) is 5.02 Å². The van der Waals surface area contributed by atoms with E-state index in [4.69, 9.17) is 21.1 Å². The molecule has 0 bridgehead atoms. The Labute approximate surface area is 205 Å². The molecule has 1 heterocycles. The first-order chi connectivity index (χ1) is 16.4. The molecule has 0 atom stereocenters. The highest BCUT2D eigenvalue weighted by Gasteiger charge is 2.43. The molecule has 2 aliphatic carbocycles. The smallest absolute Gasteiger partial charge is 0.257 e.